The van der Waals surface area contributed by atoms with Crippen molar-refractivity contribution in [3.05, 3.63) is 75.5 Å². The number of hydrogen-bond donors (Lipinski definition) is 2. The van der Waals surface area contributed by atoms with Gasteiger partial charge in [-0.05, 0) is 42.2 Å². The van der Waals surface area contributed by atoms with Gasteiger partial charge in [0.15, 0.2) is 5.75 Å². The minimum atomic E-state index is -4.57. The molecule has 0 radical (unpaired) electrons. The van der Waals surface area contributed by atoms with Gasteiger partial charge >= 0.3 is 12.3 Å². The molecule has 0 saturated heterocycles. The summed E-state index contributed by atoms with van der Waals surface area (Å²) in [6.07, 6.45) is -1.72. The van der Waals surface area contributed by atoms with E-state index in [4.69, 9.17) is 21.1 Å². The quantitative estimate of drug-likeness (QED) is 0.189. The number of hydrogen-bond acceptors (Lipinski definition) is 6. The number of carbonyl (C=O) groups excluding carboxylic acids is 1. The van der Waals surface area contributed by atoms with Gasteiger partial charge in [0.2, 0.25) is 5.95 Å². The molecule has 0 bridgehead atoms. The van der Waals surface area contributed by atoms with E-state index in [0.717, 1.165) is 26.4 Å². The lowest BCUT2D eigenvalue weighted by molar-refractivity contribution is -0.140. The number of carbonyl (C=O) groups is 1. The standard InChI is InChI=1S/C28H26BrClF3N5O3/c1-4-16-7-6-8-17(5-2)24(16)37-27(39)41-19-12-22(38(14-19)15-28(31,32)33)25-20(30)13-34-26(36-25)35-21-10-9-18(29)11-23(21)40-3/h6-14H,4-5,15H2,1-3H3,(H,37,39)(H,34,35,36). The van der Waals surface area contributed by atoms with Crippen LogP contribution in [-0.2, 0) is 19.4 Å². The van der Waals surface area contributed by atoms with Crippen LogP contribution in [0, 0.1) is 0 Å². The van der Waals surface area contributed by atoms with E-state index < -0.39 is 18.8 Å². The first-order valence-electron chi connectivity index (χ1n) is 12.5. The number of ether oxygens (including phenoxy) is 2. The predicted molar refractivity (Wildman–Crippen MR) is 155 cm³/mol. The molecule has 0 atom stereocenters. The first-order chi connectivity index (χ1) is 19.5. The largest absolute Gasteiger partial charge is 0.495 e. The Kier molecular flexibility index (Phi) is 9.44. The summed E-state index contributed by atoms with van der Waals surface area (Å²) in [6.45, 7) is 2.54. The molecule has 216 valence electrons. The third-order valence-electron chi connectivity index (χ3n) is 6.05. The Morgan fingerprint density at radius 3 is 2.46 bits per heavy atom. The summed E-state index contributed by atoms with van der Waals surface area (Å²) in [5.74, 6) is 0.429. The molecule has 1 amide bonds. The Labute approximate surface area is 248 Å². The van der Waals surface area contributed by atoms with Gasteiger partial charge in [-0.15, -0.1) is 0 Å². The Balaban J connectivity index is 1.66. The van der Waals surface area contributed by atoms with E-state index in [9.17, 15) is 18.0 Å². The van der Waals surface area contributed by atoms with E-state index in [2.05, 4.69) is 36.5 Å². The lowest BCUT2D eigenvalue weighted by Gasteiger charge is -2.14. The molecule has 4 aromatic rings. The minimum absolute atomic E-state index is 0.000285. The number of benzene rings is 2. The molecule has 0 aliphatic rings. The molecule has 4 rings (SSSR count). The number of alkyl halides is 3. The Morgan fingerprint density at radius 1 is 1.12 bits per heavy atom. The Hall–Kier alpha value is -3.77. The van der Waals surface area contributed by atoms with Gasteiger partial charge in [0.1, 0.15) is 18.0 Å². The van der Waals surface area contributed by atoms with Crippen LogP contribution in [0.4, 0.5) is 35.3 Å². The summed E-state index contributed by atoms with van der Waals surface area (Å²) < 4.78 is 53.0. The van der Waals surface area contributed by atoms with Crippen LogP contribution in [-0.4, -0.2) is 33.9 Å². The molecule has 8 nitrogen and oxygen atoms in total. The minimum Gasteiger partial charge on any atom is -0.495 e. The van der Waals surface area contributed by atoms with Crippen molar-refractivity contribution in [2.24, 2.45) is 0 Å². The molecular formula is C28H26BrClF3N5O3. The number of para-hydroxylation sites is 1. The van der Waals surface area contributed by atoms with Crippen LogP contribution in [0.2, 0.25) is 5.02 Å². The number of methoxy groups -OCH3 is 1. The number of aromatic nitrogens is 3. The SMILES string of the molecule is CCc1cccc(CC)c1NC(=O)Oc1cc(-c2nc(Nc3ccc(Br)cc3OC)ncc2Cl)n(CC(F)(F)F)c1. The van der Waals surface area contributed by atoms with Crippen LogP contribution in [0.3, 0.4) is 0 Å². The highest BCUT2D eigenvalue weighted by molar-refractivity contribution is 9.10. The number of aryl methyl sites for hydroxylation is 2. The zero-order chi connectivity index (χ0) is 29.7. The fourth-order valence-corrected chi connectivity index (χ4v) is 4.72. The third kappa shape index (κ3) is 7.50. The molecule has 2 aromatic heterocycles. The van der Waals surface area contributed by atoms with Gasteiger partial charge in [-0.25, -0.2) is 14.8 Å². The van der Waals surface area contributed by atoms with E-state index in [0.29, 0.717) is 30.0 Å². The van der Waals surface area contributed by atoms with E-state index in [-0.39, 0.29) is 28.1 Å². The predicted octanol–water partition coefficient (Wildman–Crippen LogP) is 8.41. The molecular weight excluding hydrogens is 627 g/mol. The number of halogens is 5. The zero-order valence-corrected chi connectivity index (χ0v) is 24.6. The van der Waals surface area contributed by atoms with Gasteiger partial charge in [-0.1, -0.05) is 59.6 Å². The fraction of sp³-hybridized carbons (Fsp3) is 0.250. The lowest BCUT2D eigenvalue weighted by atomic mass is 10.0. The maximum atomic E-state index is 13.5. The second-order valence-electron chi connectivity index (χ2n) is 8.84. The summed E-state index contributed by atoms with van der Waals surface area (Å²) >= 11 is 9.71. The topological polar surface area (TPSA) is 90.3 Å². The number of nitrogens with zero attached hydrogens (tertiary/aromatic N) is 3. The van der Waals surface area contributed by atoms with Crippen LogP contribution >= 0.6 is 27.5 Å². The Morgan fingerprint density at radius 2 is 1.83 bits per heavy atom. The van der Waals surface area contributed by atoms with Crippen LogP contribution < -0.4 is 20.1 Å². The Bertz CT molecular complexity index is 1540. The maximum absolute atomic E-state index is 13.5. The molecule has 41 heavy (non-hydrogen) atoms. The van der Waals surface area contributed by atoms with Crippen molar-refractivity contribution >= 4 is 50.9 Å². The second kappa shape index (κ2) is 12.8. The summed E-state index contributed by atoms with van der Waals surface area (Å²) in [4.78, 5) is 21.3. The number of rotatable bonds is 9. The van der Waals surface area contributed by atoms with Crippen molar-refractivity contribution in [3.8, 4) is 22.9 Å². The average Bonchev–Trinajstić information content (AvgIpc) is 3.30. The van der Waals surface area contributed by atoms with Gasteiger partial charge in [-0.3, -0.25) is 5.32 Å². The van der Waals surface area contributed by atoms with Crippen LogP contribution in [0.1, 0.15) is 25.0 Å². The summed E-state index contributed by atoms with van der Waals surface area (Å²) in [6, 6.07) is 12.2. The van der Waals surface area contributed by atoms with Crippen molar-refractivity contribution in [1.29, 1.82) is 0 Å². The number of nitrogens with one attached hydrogen (secondary N) is 2. The molecule has 2 aromatic carbocycles. The van der Waals surface area contributed by atoms with Gasteiger partial charge in [-0.2, -0.15) is 13.2 Å². The fourth-order valence-electron chi connectivity index (χ4n) is 4.20. The number of amides is 1. The van der Waals surface area contributed by atoms with E-state index in [1.807, 2.05) is 32.0 Å². The van der Waals surface area contributed by atoms with Gasteiger partial charge in [0, 0.05) is 16.7 Å². The normalized spacial score (nSPS) is 11.3. The smallest absolute Gasteiger partial charge is 0.417 e. The molecule has 0 saturated carbocycles. The summed E-state index contributed by atoms with van der Waals surface area (Å²) in [5, 5.41) is 5.73. The van der Waals surface area contributed by atoms with Crippen molar-refractivity contribution in [2.45, 2.75) is 39.4 Å². The molecule has 2 heterocycles. The second-order valence-corrected chi connectivity index (χ2v) is 10.2. The van der Waals surface area contributed by atoms with E-state index in [1.54, 1.807) is 18.2 Å². The summed E-state index contributed by atoms with van der Waals surface area (Å²) in [7, 11) is 1.49. The highest BCUT2D eigenvalue weighted by Gasteiger charge is 2.30. The van der Waals surface area contributed by atoms with Crippen LogP contribution in [0.15, 0.2) is 59.3 Å². The van der Waals surface area contributed by atoms with Crippen molar-refractivity contribution in [2.75, 3.05) is 17.7 Å². The van der Waals surface area contributed by atoms with Gasteiger partial charge in [0.25, 0.3) is 0 Å². The van der Waals surface area contributed by atoms with Gasteiger partial charge in [0.05, 0.1) is 35.4 Å². The third-order valence-corrected chi connectivity index (χ3v) is 6.82. The van der Waals surface area contributed by atoms with Crippen molar-refractivity contribution in [3.63, 3.8) is 0 Å². The molecule has 2 N–H and O–H groups in total. The molecule has 0 aliphatic heterocycles. The first-order valence-corrected chi connectivity index (χ1v) is 13.7. The lowest BCUT2D eigenvalue weighted by Crippen LogP contribution is -2.19. The molecule has 0 unspecified atom stereocenters. The van der Waals surface area contributed by atoms with E-state index in [1.165, 1.54) is 19.4 Å². The number of anilines is 3. The molecule has 0 spiro atoms. The van der Waals surface area contributed by atoms with Gasteiger partial charge < -0.3 is 19.4 Å². The van der Waals surface area contributed by atoms with E-state index >= 15 is 0 Å². The first kappa shape index (κ1) is 30.2. The molecule has 0 aliphatic carbocycles. The monoisotopic (exact) mass is 651 g/mol. The van der Waals surface area contributed by atoms with Crippen LogP contribution in [0.25, 0.3) is 11.4 Å². The zero-order valence-electron chi connectivity index (χ0n) is 22.3. The highest BCUT2D eigenvalue weighted by Crippen LogP contribution is 2.35. The molecule has 13 heteroatoms. The highest BCUT2D eigenvalue weighted by atomic mass is 79.9. The maximum Gasteiger partial charge on any atom is 0.417 e. The van der Waals surface area contributed by atoms with Crippen LogP contribution in [0.5, 0.6) is 11.5 Å². The molecule has 0 fully saturated rings. The summed E-state index contributed by atoms with van der Waals surface area (Å²) in [5.41, 5.74) is 2.94. The van der Waals surface area contributed by atoms with Crippen molar-refractivity contribution in [1.82, 2.24) is 14.5 Å². The average molecular weight is 653 g/mol. The van der Waals surface area contributed by atoms with Crippen molar-refractivity contribution < 1.29 is 27.4 Å².